The van der Waals surface area contributed by atoms with Crippen LogP contribution >= 0.6 is 0 Å². The number of nitrogens with one attached hydrogen (secondary N) is 1. The van der Waals surface area contributed by atoms with Crippen LogP contribution in [-0.4, -0.2) is 41.4 Å². The van der Waals surface area contributed by atoms with Gasteiger partial charge >= 0.3 is 0 Å². The predicted molar refractivity (Wildman–Crippen MR) is 112 cm³/mol. The van der Waals surface area contributed by atoms with E-state index in [1.165, 1.54) is 17.8 Å². The van der Waals surface area contributed by atoms with Crippen molar-refractivity contribution >= 4 is 11.4 Å². The molecule has 1 aliphatic heterocycles. The van der Waals surface area contributed by atoms with Gasteiger partial charge in [0.05, 0.1) is 18.9 Å². The van der Waals surface area contributed by atoms with Crippen LogP contribution < -0.4 is 11.1 Å². The van der Waals surface area contributed by atoms with Gasteiger partial charge in [-0.2, -0.15) is 0 Å². The average Bonchev–Trinajstić information content (AvgIpc) is 2.68. The molecule has 150 valence electrons. The molecular formula is C22H29N3O3. The summed E-state index contributed by atoms with van der Waals surface area (Å²) in [6, 6.07) is 11.3. The lowest BCUT2D eigenvalue weighted by molar-refractivity contribution is 0.0342. The molecule has 3 rings (SSSR count). The van der Waals surface area contributed by atoms with Crippen LogP contribution in [0.15, 0.2) is 42.6 Å². The lowest BCUT2D eigenvalue weighted by Crippen LogP contribution is -2.35. The number of ether oxygens (including phenoxy) is 1. The highest BCUT2D eigenvalue weighted by Gasteiger charge is 2.15. The molecule has 28 heavy (non-hydrogen) atoms. The van der Waals surface area contributed by atoms with Gasteiger partial charge in [0, 0.05) is 43.2 Å². The summed E-state index contributed by atoms with van der Waals surface area (Å²) in [5, 5.41) is 23.6. The smallest absolute Gasteiger partial charge is 0.128 e. The number of phenols is 2. The topological polar surface area (TPSA) is 91.0 Å². The van der Waals surface area contributed by atoms with E-state index in [2.05, 4.69) is 22.3 Å². The van der Waals surface area contributed by atoms with Crippen LogP contribution in [0.4, 0.5) is 5.69 Å². The molecule has 2 aromatic carbocycles. The molecule has 5 N–H and O–H groups in total. The molecule has 0 atom stereocenters. The van der Waals surface area contributed by atoms with Crippen molar-refractivity contribution in [2.75, 3.05) is 31.6 Å². The predicted octanol–water partition coefficient (Wildman–Crippen LogP) is 3.42. The number of anilines is 1. The van der Waals surface area contributed by atoms with E-state index in [1.54, 1.807) is 6.07 Å². The van der Waals surface area contributed by atoms with Crippen LogP contribution in [0, 0.1) is 0 Å². The lowest BCUT2D eigenvalue weighted by atomic mass is 9.97. The summed E-state index contributed by atoms with van der Waals surface area (Å²) in [5.74, 6) is 0.188. The molecule has 0 amide bonds. The average molecular weight is 383 g/mol. The zero-order valence-corrected chi connectivity index (χ0v) is 16.5. The minimum absolute atomic E-state index is 0.0185. The number of nitrogens with zero attached hydrogens (tertiary/aromatic N) is 1. The number of aromatic hydroxyl groups is 2. The monoisotopic (exact) mass is 383 g/mol. The van der Waals surface area contributed by atoms with Gasteiger partial charge < -0.3 is 26.0 Å². The molecule has 1 aliphatic rings. The van der Waals surface area contributed by atoms with E-state index in [9.17, 15) is 10.2 Å². The second-order valence-electron chi connectivity index (χ2n) is 7.37. The van der Waals surface area contributed by atoms with Crippen molar-refractivity contribution in [3.8, 4) is 11.5 Å². The fourth-order valence-electron chi connectivity index (χ4n) is 3.34. The zero-order chi connectivity index (χ0) is 20.1. The quantitative estimate of drug-likeness (QED) is 0.611. The van der Waals surface area contributed by atoms with Gasteiger partial charge in [0.1, 0.15) is 11.5 Å². The summed E-state index contributed by atoms with van der Waals surface area (Å²) in [7, 11) is 0. The molecule has 0 aromatic heterocycles. The maximum Gasteiger partial charge on any atom is 0.128 e. The van der Waals surface area contributed by atoms with Gasteiger partial charge in [-0.25, -0.2) is 0 Å². The Balaban J connectivity index is 1.74. The van der Waals surface area contributed by atoms with Gasteiger partial charge in [-0.15, -0.1) is 0 Å². The van der Waals surface area contributed by atoms with Crippen LogP contribution in [0.5, 0.6) is 11.5 Å². The number of rotatable bonds is 6. The number of hydrogen-bond acceptors (Lipinski definition) is 6. The Morgan fingerprint density at radius 3 is 2.43 bits per heavy atom. The number of phenolic OH excluding ortho intramolecular Hbond substituents is 2. The Labute approximate surface area is 166 Å². The summed E-state index contributed by atoms with van der Waals surface area (Å²) in [6.45, 7) is 8.37. The van der Waals surface area contributed by atoms with Gasteiger partial charge in [-0.3, -0.25) is 4.90 Å². The molecular weight excluding hydrogens is 354 g/mol. The largest absolute Gasteiger partial charge is 0.508 e. The first-order chi connectivity index (χ1) is 13.5. The third-order valence-electron chi connectivity index (χ3n) is 4.97. The van der Waals surface area contributed by atoms with Gasteiger partial charge in [0.2, 0.25) is 0 Å². The van der Waals surface area contributed by atoms with Crippen molar-refractivity contribution in [3.05, 3.63) is 59.3 Å². The Morgan fingerprint density at radius 1 is 1.14 bits per heavy atom. The van der Waals surface area contributed by atoms with Gasteiger partial charge in [-0.1, -0.05) is 26.0 Å². The first kappa shape index (κ1) is 20.0. The maximum absolute atomic E-state index is 10.3. The molecule has 6 heteroatoms. The van der Waals surface area contributed by atoms with Crippen LogP contribution in [-0.2, 0) is 11.3 Å². The molecule has 2 aromatic rings. The molecule has 0 radical (unpaired) electrons. The van der Waals surface area contributed by atoms with Crippen molar-refractivity contribution in [1.29, 1.82) is 0 Å². The highest BCUT2D eigenvalue weighted by molar-refractivity contribution is 5.80. The summed E-state index contributed by atoms with van der Waals surface area (Å²) in [4.78, 5) is 2.37. The Morgan fingerprint density at radius 2 is 1.82 bits per heavy atom. The maximum atomic E-state index is 10.3. The first-order valence-electron chi connectivity index (χ1n) is 9.62. The molecule has 1 fully saturated rings. The van der Waals surface area contributed by atoms with E-state index < -0.39 is 0 Å². The van der Waals surface area contributed by atoms with E-state index in [0.717, 1.165) is 44.1 Å². The van der Waals surface area contributed by atoms with Gasteiger partial charge in [0.25, 0.3) is 0 Å². The molecule has 1 heterocycles. The zero-order valence-electron chi connectivity index (χ0n) is 16.5. The minimum atomic E-state index is -0.0185. The lowest BCUT2D eigenvalue weighted by Gasteiger charge is -2.26. The fraction of sp³-hybridized carbons (Fsp3) is 0.364. The third kappa shape index (κ3) is 4.77. The van der Waals surface area contributed by atoms with E-state index in [4.69, 9.17) is 10.5 Å². The van der Waals surface area contributed by atoms with Crippen LogP contribution in [0.25, 0.3) is 5.70 Å². The van der Waals surface area contributed by atoms with Crippen LogP contribution in [0.2, 0.25) is 0 Å². The fourth-order valence-corrected chi connectivity index (χ4v) is 3.34. The molecule has 1 saturated heterocycles. The molecule has 0 saturated carbocycles. The molecule has 0 spiro atoms. The summed E-state index contributed by atoms with van der Waals surface area (Å²) in [5.41, 5.74) is 9.83. The number of hydrogen-bond donors (Lipinski definition) is 4. The number of nitrogens with two attached hydrogens (primary N) is 1. The third-order valence-corrected chi connectivity index (χ3v) is 4.97. The van der Waals surface area contributed by atoms with Crippen LogP contribution in [0.3, 0.4) is 0 Å². The molecule has 6 nitrogen and oxygen atoms in total. The second kappa shape index (κ2) is 8.99. The van der Waals surface area contributed by atoms with E-state index in [-0.39, 0.29) is 17.4 Å². The molecule has 0 unspecified atom stereocenters. The SMILES string of the molecule is CC(C)c1cc(/C(=C/N)Nc2ccc(CN3CCOCC3)cc2)c(O)cc1O. The minimum Gasteiger partial charge on any atom is -0.508 e. The summed E-state index contributed by atoms with van der Waals surface area (Å²) >= 11 is 0. The Bertz CT molecular complexity index is 826. The standard InChI is InChI=1S/C22H29N3O3/c1-15(2)18-11-19(22(27)12-21(18)26)20(13-23)24-17-5-3-16(4-6-17)14-25-7-9-28-10-8-25/h3-6,11-13,15,24,26-27H,7-10,14,23H2,1-2H3/b20-13-. The highest BCUT2D eigenvalue weighted by atomic mass is 16.5. The van der Waals surface area contributed by atoms with Crippen molar-refractivity contribution in [3.63, 3.8) is 0 Å². The molecule has 0 bridgehead atoms. The number of benzene rings is 2. The highest BCUT2D eigenvalue weighted by Crippen LogP contribution is 2.35. The Kier molecular flexibility index (Phi) is 6.44. The Hall–Kier alpha value is -2.70. The number of morpholine rings is 1. The second-order valence-corrected chi connectivity index (χ2v) is 7.37. The van der Waals surface area contributed by atoms with E-state index >= 15 is 0 Å². The first-order valence-corrected chi connectivity index (χ1v) is 9.62. The van der Waals surface area contributed by atoms with Crippen molar-refractivity contribution < 1.29 is 14.9 Å². The summed E-state index contributed by atoms with van der Waals surface area (Å²) < 4.78 is 5.39. The van der Waals surface area contributed by atoms with Crippen molar-refractivity contribution in [1.82, 2.24) is 4.90 Å². The van der Waals surface area contributed by atoms with Gasteiger partial charge in [-0.05, 0) is 35.2 Å². The van der Waals surface area contributed by atoms with E-state index in [1.807, 2.05) is 26.0 Å². The van der Waals surface area contributed by atoms with Gasteiger partial charge in [0.15, 0.2) is 0 Å². The van der Waals surface area contributed by atoms with Crippen LogP contribution in [0.1, 0.15) is 36.5 Å². The normalized spacial score (nSPS) is 15.8. The van der Waals surface area contributed by atoms with Crippen molar-refractivity contribution in [2.45, 2.75) is 26.3 Å². The van der Waals surface area contributed by atoms with E-state index in [0.29, 0.717) is 11.3 Å². The molecule has 0 aliphatic carbocycles. The van der Waals surface area contributed by atoms with Crippen molar-refractivity contribution in [2.24, 2.45) is 5.73 Å². The summed E-state index contributed by atoms with van der Waals surface area (Å²) in [6.07, 6.45) is 1.43.